The standard InChI is InChI=1S/C18H18FN3O4/c1-22(9-17(23)20-13-4-2-3-12(19)7-13)10-18(24)21-14-5-6-15-16(8-14)26-11-25-15/h2-8H,9-11H2,1H3,(H,20,23)(H,21,24)/p+1. The minimum absolute atomic E-state index is 0.0745. The number of nitrogens with one attached hydrogen (secondary N) is 3. The van der Waals surface area contributed by atoms with Crippen LogP contribution in [0, 0.1) is 5.82 Å². The second-order valence-corrected chi connectivity index (χ2v) is 5.99. The van der Waals surface area contributed by atoms with Crippen LogP contribution in [-0.4, -0.2) is 38.7 Å². The summed E-state index contributed by atoms with van der Waals surface area (Å²) in [6.45, 7) is 0.343. The van der Waals surface area contributed by atoms with Crippen molar-refractivity contribution in [3.8, 4) is 11.5 Å². The van der Waals surface area contributed by atoms with Crippen LogP contribution in [0.4, 0.5) is 15.8 Å². The Kier molecular flexibility index (Phi) is 5.33. The minimum atomic E-state index is -0.424. The highest BCUT2D eigenvalue weighted by atomic mass is 19.1. The zero-order chi connectivity index (χ0) is 18.5. The summed E-state index contributed by atoms with van der Waals surface area (Å²) in [5.41, 5.74) is 0.976. The maximum absolute atomic E-state index is 13.1. The van der Waals surface area contributed by atoms with Gasteiger partial charge < -0.3 is 25.0 Å². The summed E-state index contributed by atoms with van der Waals surface area (Å²) in [6, 6.07) is 10.8. The van der Waals surface area contributed by atoms with Crippen molar-refractivity contribution in [3.05, 3.63) is 48.3 Å². The predicted molar refractivity (Wildman–Crippen MR) is 92.8 cm³/mol. The molecule has 2 aromatic carbocycles. The number of hydrogen-bond acceptors (Lipinski definition) is 4. The van der Waals surface area contributed by atoms with Gasteiger partial charge in [0.05, 0.1) is 7.05 Å². The van der Waals surface area contributed by atoms with Crippen molar-refractivity contribution in [1.29, 1.82) is 0 Å². The zero-order valence-electron chi connectivity index (χ0n) is 14.2. The maximum atomic E-state index is 13.1. The number of ether oxygens (including phenoxy) is 2. The Morgan fingerprint density at radius 3 is 2.35 bits per heavy atom. The monoisotopic (exact) mass is 360 g/mol. The van der Waals surface area contributed by atoms with Crippen LogP contribution in [0.15, 0.2) is 42.5 Å². The van der Waals surface area contributed by atoms with E-state index in [9.17, 15) is 14.0 Å². The first-order valence-electron chi connectivity index (χ1n) is 8.06. The lowest BCUT2D eigenvalue weighted by Gasteiger charge is -2.14. The van der Waals surface area contributed by atoms with Gasteiger partial charge in [0.15, 0.2) is 24.6 Å². The summed E-state index contributed by atoms with van der Waals surface area (Å²) in [4.78, 5) is 24.8. The van der Waals surface area contributed by atoms with Crippen LogP contribution >= 0.6 is 0 Å². The van der Waals surface area contributed by atoms with Gasteiger partial charge in [-0.15, -0.1) is 0 Å². The van der Waals surface area contributed by atoms with Crippen molar-refractivity contribution in [2.75, 3.05) is 37.6 Å². The number of halogens is 1. The van der Waals surface area contributed by atoms with E-state index < -0.39 is 5.82 Å². The molecule has 0 radical (unpaired) electrons. The van der Waals surface area contributed by atoms with E-state index >= 15 is 0 Å². The molecule has 0 saturated carbocycles. The molecule has 8 heteroatoms. The van der Waals surface area contributed by atoms with E-state index in [-0.39, 0.29) is 31.7 Å². The fraction of sp³-hybridized carbons (Fsp3) is 0.222. The highest BCUT2D eigenvalue weighted by Gasteiger charge is 2.17. The molecule has 1 aliphatic heterocycles. The van der Waals surface area contributed by atoms with Crippen LogP contribution in [0.3, 0.4) is 0 Å². The van der Waals surface area contributed by atoms with Gasteiger partial charge in [0, 0.05) is 17.4 Å². The summed E-state index contributed by atoms with van der Waals surface area (Å²) in [5, 5.41) is 5.36. The molecule has 3 rings (SSSR count). The normalized spacial score (nSPS) is 13.2. The van der Waals surface area contributed by atoms with E-state index in [0.29, 0.717) is 27.8 Å². The van der Waals surface area contributed by atoms with Crippen molar-refractivity contribution in [3.63, 3.8) is 0 Å². The van der Waals surface area contributed by atoms with Crippen LogP contribution in [0.25, 0.3) is 0 Å². The Hall–Kier alpha value is -3.13. The highest BCUT2D eigenvalue weighted by molar-refractivity contribution is 5.93. The van der Waals surface area contributed by atoms with Gasteiger partial charge in [0.25, 0.3) is 11.8 Å². The van der Waals surface area contributed by atoms with Crippen LogP contribution in [0.1, 0.15) is 0 Å². The minimum Gasteiger partial charge on any atom is -0.454 e. The lowest BCUT2D eigenvalue weighted by molar-refractivity contribution is -0.862. The Bertz CT molecular complexity index is 828. The maximum Gasteiger partial charge on any atom is 0.279 e. The number of benzene rings is 2. The van der Waals surface area contributed by atoms with Gasteiger partial charge in [-0.1, -0.05) is 6.07 Å². The first-order chi connectivity index (χ1) is 12.5. The molecule has 0 bridgehead atoms. The summed E-state index contributed by atoms with van der Waals surface area (Å²) in [5.74, 6) is 0.258. The molecule has 7 nitrogen and oxygen atoms in total. The third-order valence-corrected chi connectivity index (χ3v) is 3.69. The molecule has 136 valence electrons. The van der Waals surface area contributed by atoms with Crippen molar-refractivity contribution in [2.45, 2.75) is 0 Å². The van der Waals surface area contributed by atoms with E-state index in [1.54, 1.807) is 31.3 Å². The Balaban J connectivity index is 1.47. The third-order valence-electron chi connectivity index (χ3n) is 3.69. The Morgan fingerprint density at radius 2 is 1.65 bits per heavy atom. The second-order valence-electron chi connectivity index (χ2n) is 5.99. The smallest absolute Gasteiger partial charge is 0.279 e. The number of fused-ring (bicyclic) bond motifs is 1. The molecule has 0 aliphatic carbocycles. The Morgan fingerprint density at radius 1 is 1.00 bits per heavy atom. The molecule has 0 aromatic heterocycles. The quantitative estimate of drug-likeness (QED) is 0.707. The molecule has 2 aromatic rings. The fourth-order valence-corrected chi connectivity index (χ4v) is 2.56. The highest BCUT2D eigenvalue weighted by Crippen LogP contribution is 2.34. The van der Waals surface area contributed by atoms with Crippen LogP contribution in [0.2, 0.25) is 0 Å². The SMILES string of the molecule is C[NH+](CC(=O)Nc1cccc(F)c1)CC(=O)Nc1ccc2c(c1)OCO2. The lowest BCUT2D eigenvalue weighted by Crippen LogP contribution is -3.11. The van der Waals surface area contributed by atoms with Crippen molar-refractivity contribution in [2.24, 2.45) is 0 Å². The fourth-order valence-electron chi connectivity index (χ4n) is 2.56. The summed E-state index contributed by atoms with van der Waals surface area (Å²) >= 11 is 0. The molecular weight excluding hydrogens is 341 g/mol. The molecule has 2 amide bonds. The molecule has 0 saturated heterocycles. The van der Waals surface area contributed by atoms with Crippen molar-refractivity contribution >= 4 is 23.2 Å². The topological polar surface area (TPSA) is 81.1 Å². The largest absolute Gasteiger partial charge is 0.454 e. The van der Waals surface area contributed by atoms with E-state index in [1.165, 1.54) is 18.2 Å². The molecule has 0 spiro atoms. The number of carbonyl (C=O) groups excluding carboxylic acids is 2. The van der Waals surface area contributed by atoms with Gasteiger partial charge in [0.2, 0.25) is 6.79 Å². The van der Waals surface area contributed by atoms with Gasteiger partial charge >= 0.3 is 0 Å². The van der Waals surface area contributed by atoms with Gasteiger partial charge in [-0.25, -0.2) is 4.39 Å². The first-order valence-corrected chi connectivity index (χ1v) is 8.06. The first kappa shape index (κ1) is 17.7. The number of rotatable bonds is 6. The molecule has 0 fully saturated rings. The number of likely N-dealkylation sites (N-methyl/N-ethyl adjacent to an activating group) is 1. The molecule has 1 atom stereocenters. The van der Waals surface area contributed by atoms with Gasteiger partial charge in [-0.3, -0.25) is 9.59 Å². The number of anilines is 2. The van der Waals surface area contributed by atoms with E-state index in [0.717, 1.165) is 0 Å². The van der Waals surface area contributed by atoms with Gasteiger partial charge in [-0.2, -0.15) is 0 Å². The average Bonchev–Trinajstić information content (AvgIpc) is 3.01. The van der Waals surface area contributed by atoms with Crippen LogP contribution in [0.5, 0.6) is 11.5 Å². The number of hydrogen-bond donors (Lipinski definition) is 3. The molecule has 1 unspecified atom stereocenters. The zero-order valence-corrected chi connectivity index (χ0v) is 14.2. The molecule has 1 aliphatic rings. The summed E-state index contributed by atoms with van der Waals surface area (Å²) in [7, 11) is 1.73. The molecular formula is C18H19FN3O4+. The van der Waals surface area contributed by atoms with Gasteiger partial charge in [0.1, 0.15) is 5.82 Å². The lowest BCUT2D eigenvalue weighted by atomic mass is 10.2. The summed E-state index contributed by atoms with van der Waals surface area (Å²) < 4.78 is 23.6. The van der Waals surface area contributed by atoms with Crippen LogP contribution < -0.4 is 25.0 Å². The number of carbonyl (C=O) groups is 2. The van der Waals surface area contributed by atoms with Crippen LogP contribution in [-0.2, 0) is 9.59 Å². The van der Waals surface area contributed by atoms with E-state index in [2.05, 4.69) is 10.6 Å². The second kappa shape index (κ2) is 7.83. The summed E-state index contributed by atoms with van der Waals surface area (Å²) in [6.07, 6.45) is 0. The van der Waals surface area contributed by atoms with E-state index in [4.69, 9.17) is 9.47 Å². The molecule has 3 N–H and O–H groups in total. The third kappa shape index (κ3) is 4.70. The molecule has 26 heavy (non-hydrogen) atoms. The molecule has 1 heterocycles. The average molecular weight is 360 g/mol. The van der Waals surface area contributed by atoms with Crippen molar-refractivity contribution < 1.29 is 28.4 Å². The Labute approximate surface area is 149 Å². The van der Waals surface area contributed by atoms with E-state index in [1.807, 2.05) is 0 Å². The number of quaternary nitrogens is 1. The van der Waals surface area contributed by atoms with Gasteiger partial charge in [-0.05, 0) is 30.3 Å². The van der Waals surface area contributed by atoms with Crippen molar-refractivity contribution in [1.82, 2.24) is 0 Å². The predicted octanol–water partition coefficient (Wildman–Crippen LogP) is 0.646. The number of amides is 2.